The van der Waals surface area contributed by atoms with Crippen molar-refractivity contribution in [3.8, 4) is 32.4 Å². The van der Waals surface area contributed by atoms with Crippen LogP contribution in [0.15, 0.2) is 60.7 Å². The summed E-state index contributed by atoms with van der Waals surface area (Å²) in [5, 5.41) is 0. The van der Waals surface area contributed by atoms with Gasteiger partial charge in [-0.2, -0.15) is 0 Å². The fraction of sp³-hybridized carbons (Fsp3) is 0.405. The zero-order chi connectivity index (χ0) is 29.2. The van der Waals surface area contributed by atoms with Crippen LogP contribution in [0.25, 0.3) is 32.0 Å². The van der Waals surface area contributed by atoms with Crippen molar-refractivity contribution in [1.82, 2.24) is 0 Å². The van der Waals surface area contributed by atoms with Crippen molar-refractivity contribution in [2.45, 2.75) is 84.2 Å². The second-order valence-electron chi connectivity index (χ2n) is 11.8. The van der Waals surface area contributed by atoms with E-state index in [0.29, 0.717) is 0 Å². The zero-order valence-corrected chi connectivity index (χ0v) is 26.8. The standard InChI is InChI=1S/C37H40O4S2/c1-24-32(22-34(42-24)26-12-16-28(17-13-26)40-36-10-3-5-20-38-36)30-8-7-9-31(30)33-23-35(43-25(33)2)27-14-18-29(19-15-27)41-37-11-4-6-21-39-37/h12-19,22-23,36-37H,3-11,20-21H2,1-2H3. The summed E-state index contributed by atoms with van der Waals surface area (Å²) in [6.45, 7) is 6.14. The first kappa shape index (κ1) is 28.8. The summed E-state index contributed by atoms with van der Waals surface area (Å²) in [5.74, 6) is 1.77. The molecule has 4 heterocycles. The van der Waals surface area contributed by atoms with Crippen molar-refractivity contribution in [2.75, 3.05) is 13.2 Å². The van der Waals surface area contributed by atoms with Gasteiger partial charge in [-0.3, -0.25) is 0 Å². The zero-order valence-electron chi connectivity index (χ0n) is 25.2. The summed E-state index contributed by atoms with van der Waals surface area (Å²) in [6, 6.07) is 21.9. The summed E-state index contributed by atoms with van der Waals surface area (Å²) in [5.41, 5.74) is 8.38. The molecule has 1 aliphatic carbocycles. The lowest BCUT2D eigenvalue weighted by atomic mass is 9.96. The average molecular weight is 613 g/mol. The van der Waals surface area contributed by atoms with Crippen LogP contribution in [-0.2, 0) is 9.47 Å². The molecule has 2 unspecified atom stereocenters. The van der Waals surface area contributed by atoms with Crippen LogP contribution in [0.1, 0.15) is 78.7 Å². The molecule has 0 spiro atoms. The lowest BCUT2D eigenvalue weighted by molar-refractivity contribution is -0.106. The van der Waals surface area contributed by atoms with Gasteiger partial charge in [0.05, 0.1) is 13.2 Å². The Labute approximate surface area is 263 Å². The molecule has 43 heavy (non-hydrogen) atoms. The molecular formula is C37H40O4S2. The lowest BCUT2D eigenvalue weighted by Crippen LogP contribution is -2.24. The Hall–Kier alpha value is -2.90. The largest absolute Gasteiger partial charge is 0.465 e. The van der Waals surface area contributed by atoms with Crippen LogP contribution in [0.3, 0.4) is 0 Å². The Morgan fingerprint density at radius 3 is 1.42 bits per heavy atom. The van der Waals surface area contributed by atoms with E-state index >= 15 is 0 Å². The maximum Gasteiger partial charge on any atom is 0.199 e. The van der Waals surface area contributed by atoms with Gasteiger partial charge in [-0.05, 0) is 153 Å². The summed E-state index contributed by atoms with van der Waals surface area (Å²) in [4.78, 5) is 5.42. The molecule has 2 atom stereocenters. The van der Waals surface area contributed by atoms with E-state index in [4.69, 9.17) is 18.9 Å². The molecule has 2 fully saturated rings. The van der Waals surface area contributed by atoms with Gasteiger partial charge in [0.2, 0.25) is 0 Å². The van der Waals surface area contributed by atoms with Crippen LogP contribution in [0.2, 0.25) is 0 Å². The van der Waals surface area contributed by atoms with Crippen LogP contribution in [0.4, 0.5) is 0 Å². The monoisotopic (exact) mass is 612 g/mol. The highest BCUT2D eigenvalue weighted by atomic mass is 32.1. The van der Waals surface area contributed by atoms with Crippen LogP contribution in [0.5, 0.6) is 11.5 Å². The minimum Gasteiger partial charge on any atom is -0.465 e. The highest BCUT2D eigenvalue weighted by Gasteiger charge is 2.24. The molecule has 0 bridgehead atoms. The average Bonchev–Trinajstić information content (AvgIpc) is 3.77. The Kier molecular flexibility index (Phi) is 8.71. The van der Waals surface area contributed by atoms with E-state index in [1.54, 1.807) is 0 Å². The van der Waals surface area contributed by atoms with E-state index in [1.165, 1.54) is 72.2 Å². The van der Waals surface area contributed by atoms with Crippen molar-refractivity contribution in [2.24, 2.45) is 0 Å². The van der Waals surface area contributed by atoms with Crippen molar-refractivity contribution in [3.05, 3.63) is 81.5 Å². The summed E-state index contributed by atoms with van der Waals surface area (Å²) >= 11 is 3.79. The van der Waals surface area contributed by atoms with E-state index in [-0.39, 0.29) is 12.6 Å². The first-order valence-corrected chi connectivity index (χ1v) is 17.4. The molecule has 2 aromatic carbocycles. The molecule has 2 aliphatic heterocycles. The number of ether oxygens (including phenoxy) is 4. The lowest BCUT2D eigenvalue weighted by Gasteiger charge is -2.23. The molecule has 4 nitrogen and oxygen atoms in total. The summed E-state index contributed by atoms with van der Waals surface area (Å²) in [7, 11) is 0. The Balaban J connectivity index is 1.09. The van der Waals surface area contributed by atoms with E-state index in [0.717, 1.165) is 63.2 Å². The highest BCUT2D eigenvalue weighted by Crippen LogP contribution is 2.47. The maximum atomic E-state index is 6.06. The van der Waals surface area contributed by atoms with E-state index in [9.17, 15) is 0 Å². The molecule has 0 amide bonds. The van der Waals surface area contributed by atoms with E-state index < -0.39 is 0 Å². The molecule has 0 saturated carbocycles. The molecule has 0 N–H and O–H groups in total. The van der Waals surface area contributed by atoms with Crippen molar-refractivity contribution in [1.29, 1.82) is 0 Å². The molecule has 2 aromatic heterocycles. The van der Waals surface area contributed by atoms with E-state index in [1.807, 2.05) is 22.7 Å². The van der Waals surface area contributed by atoms with Gasteiger partial charge in [0.1, 0.15) is 11.5 Å². The van der Waals surface area contributed by atoms with Gasteiger partial charge in [0.15, 0.2) is 12.6 Å². The number of hydrogen-bond acceptors (Lipinski definition) is 6. The number of hydrogen-bond donors (Lipinski definition) is 0. The van der Waals surface area contributed by atoms with Gasteiger partial charge in [0.25, 0.3) is 0 Å². The van der Waals surface area contributed by atoms with Gasteiger partial charge >= 0.3 is 0 Å². The van der Waals surface area contributed by atoms with E-state index in [2.05, 4.69) is 74.5 Å². The topological polar surface area (TPSA) is 36.9 Å². The quantitative estimate of drug-likeness (QED) is 0.198. The summed E-state index contributed by atoms with van der Waals surface area (Å²) < 4.78 is 23.6. The second-order valence-corrected chi connectivity index (χ2v) is 14.4. The smallest absolute Gasteiger partial charge is 0.199 e. The molecule has 7 rings (SSSR count). The van der Waals surface area contributed by atoms with Crippen LogP contribution < -0.4 is 9.47 Å². The maximum absolute atomic E-state index is 6.06. The molecule has 4 aromatic rings. The van der Waals surface area contributed by atoms with Crippen molar-refractivity contribution in [3.63, 3.8) is 0 Å². The van der Waals surface area contributed by atoms with Gasteiger partial charge in [-0.1, -0.05) is 0 Å². The van der Waals surface area contributed by atoms with Crippen molar-refractivity contribution < 1.29 is 18.9 Å². The third-order valence-corrected chi connectivity index (χ3v) is 11.0. The van der Waals surface area contributed by atoms with Crippen LogP contribution in [0, 0.1) is 13.8 Å². The van der Waals surface area contributed by atoms with Crippen LogP contribution >= 0.6 is 22.7 Å². The summed E-state index contributed by atoms with van der Waals surface area (Å²) in [6.07, 6.45) is 9.80. The van der Waals surface area contributed by atoms with Crippen molar-refractivity contribution >= 4 is 33.8 Å². The number of rotatable bonds is 8. The molecule has 224 valence electrons. The predicted molar refractivity (Wildman–Crippen MR) is 178 cm³/mol. The minimum atomic E-state index is -0.112. The molecular weight excluding hydrogens is 573 g/mol. The second kappa shape index (κ2) is 13.0. The normalized spacial score (nSPS) is 20.9. The number of thiophene rings is 2. The molecule has 3 aliphatic rings. The van der Waals surface area contributed by atoms with Gasteiger partial charge in [-0.25, -0.2) is 0 Å². The predicted octanol–water partition coefficient (Wildman–Crippen LogP) is 10.7. The number of aryl methyl sites for hydroxylation is 2. The van der Waals surface area contributed by atoms with Crippen LogP contribution in [-0.4, -0.2) is 25.8 Å². The molecule has 0 radical (unpaired) electrons. The number of allylic oxidation sites excluding steroid dienone is 2. The Morgan fingerprint density at radius 2 is 1.02 bits per heavy atom. The molecule has 6 heteroatoms. The van der Waals surface area contributed by atoms with Gasteiger partial charge < -0.3 is 18.9 Å². The Morgan fingerprint density at radius 1 is 0.581 bits per heavy atom. The molecule has 2 saturated heterocycles. The van der Waals surface area contributed by atoms with Gasteiger partial charge in [0, 0.05) is 32.4 Å². The van der Waals surface area contributed by atoms with Gasteiger partial charge in [-0.15, -0.1) is 22.7 Å². The fourth-order valence-electron chi connectivity index (χ4n) is 6.49. The third-order valence-electron chi connectivity index (χ3n) is 8.79. The number of benzene rings is 2. The third kappa shape index (κ3) is 6.48. The highest BCUT2D eigenvalue weighted by molar-refractivity contribution is 7.16. The Bertz CT molecular complexity index is 1450. The first-order valence-electron chi connectivity index (χ1n) is 15.8. The minimum absolute atomic E-state index is 0.112. The fourth-order valence-corrected chi connectivity index (χ4v) is 8.60. The first-order chi connectivity index (χ1) is 21.1. The SMILES string of the molecule is Cc1sc(-c2ccc(OC3CCCCO3)cc2)cc1C1=C(c2cc(-c3ccc(OC4CCCCO4)cc3)sc2C)CCC1.